The van der Waals surface area contributed by atoms with E-state index in [1.54, 1.807) is 6.07 Å². The van der Waals surface area contributed by atoms with E-state index in [1.807, 2.05) is 48.5 Å². The lowest BCUT2D eigenvalue weighted by atomic mass is 10.2. The average Bonchev–Trinajstić information content (AvgIpc) is 2.99. The topological polar surface area (TPSA) is 65.1 Å². The molecule has 4 nitrogen and oxygen atoms in total. The number of carbonyl (C=O) groups excluding carboxylic acids is 1. The first-order valence-corrected chi connectivity index (χ1v) is 6.37. The molecule has 2 aromatic carbocycles. The number of nitrogens with one attached hydrogen (secondary N) is 2. The lowest BCUT2D eigenvalue weighted by Gasteiger charge is -1.93. The van der Waals surface area contributed by atoms with Crippen LogP contribution in [-0.4, -0.2) is 16.0 Å². The molecule has 2 heterocycles. The van der Waals surface area contributed by atoms with Gasteiger partial charge >= 0.3 is 0 Å². The number of rotatable bonds is 0. The Morgan fingerprint density at radius 2 is 1.75 bits per heavy atom. The van der Waals surface area contributed by atoms with Gasteiger partial charge in [0.2, 0.25) is 5.91 Å². The second-order valence-corrected chi connectivity index (χ2v) is 4.62. The maximum absolute atomic E-state index is 10.8. The molecule has 0 spiro atoms. The molecule has 4 heteroatoms. The van der Waals surface area contributed by atoms with Gasteiger partial charge in [0.25, 0.3) is 0 Å². The zero-order chi connectivity index (χ0) is 13.9. The summed E-state index contributed by atoms with van der Waals surface area (Å²) < 4.78 is 0. The molecule has 1 aromatic heterocycles. The SMILES string of the molecule is O=C1Cc2ccccc2N1.Oc1cc2ccccc2[nH]1. The van der Waals surface area contributed by atoms with Gasteiger partial charge in [0.15, 0.2) is 5.88 Å². The highest BCUT2D eigenvalue weighted by atomic mass is 16.3. The van der Waals surface area contributed by atoms with Crippen molar-refractivity contribution in [2.45, 2.75) is 6.42 Å². The van der Waals surface area contributed by atoms with Crippen molar-refractivity contribution in [2.24, 2.45) is 0 Å². The number of benzene rings is 2. The van der Waals surface area contributed by atoms with E-state index in [2.05, 4.69) is 10.3 Å². The van der Waals surface area contributed by atoms with Crippen LogP contribution in [0.2, 0.25) is 0 Å². The molecule has 0 bridgehead atoms. The van der Waals surface area contributed by atoms with Crippen molar-refractivity contribution in [3.05, 3.63) is 60.2 Å². The normalized spacial score (nSPS) is 12.5. The lowest BCUT2D eigenvalue weighted by Crippen LogP contribution is -2.03. The van der Waals surface area contributed by atoms with Crippen molar-refractivity contribution in [3.8, 4) is 5.88 Å². The molecule has 100 valence electrons. The molecule has 3 N–H and O–H groups in total. The summed E-state index contributed by atoms with van der Waals surface area (Å²) in [7, 11) is 0. The van der Waals surface area contributed by atoms with Crippen LogP contribution in [-0.2, 0) is 11.2 Å². The van der Waals surface area contributed by atoms with E-state index in [0.29, 0.717) is 6.42 Å². The molecular formula is C16H14N2O2. The quantitative estimate of drug-likeness (QED) is 0.585. The van der Waals surface area contributed by atoms with Gasteiger partial charge in [-0.05, 0) is 17.7 Å². The number of hydrogen-bond donors (Lipinski definition) is 3. The van der Waals surface area contributed by atoms with Gasteiger partial charge in [-0.1, -0.05) is 36.4 Å². The smallest absolute Gasteiger partial charge is 0.228 e. The fourth-order valence-electron chi connectivity index (χ4n) is 2.22. The van der Waals surface area contributed by atoms with Crippen molar-refractivity contribution in [2.75, 3.05) is 5.32 Å². The third kappa shape index (κ3) is 2.49. The number of aromatic amines is 1. The third-order valence-corrected chi connectivity index (χ3v) is 3.16. The van der Waals surface area contributed by atoms with Crippen molar-refractivity contribution in [3.63, 3.8) is 0 Å². The second kappa shape index (κ2) is 5.09. The van der Waals surface area contributed by atoms with Gasteiger partial charge in [0.1, 0.15) is 0 Å². The molecule has 0 aliphatic carbocycles. The molecule has 1 amide bonds. The Morgan fingerprint density at radius 3 is 2.55 bits per heavy atom. The van der Waals surface area contributed by atoms with E-state index >= 15 is 0 Å². The molecule has 0 atom stereocenters. The molecule has 0 radical (unpaired) electrons. The Hall–Kier alpha value is -2.75. The number of para-hydroxylation sites is 2. The van der Waals surface area contributed by atoms with Gasteiger partial charge in [-0.2, -0.15) is 0 Å². The summed E-state index contributed by atoms with van der Waals surface area (Å²) in [5.41, 5.74) is 3.04. The zero-order valence-corrected chi connectivity index (χ0v) is 10.8. The van der Waals surface area contributed by atoms with Crippen LogP contribution < -0.4 is 5.32 Å². The summed E-state index contributed by atoms with van der Waals surface area (Å²) in [6.45, 7) is 0. The van der Waals surface area contributed by atoms with Gasteiger partial charge < -0.3 is 15.4 Å². The molecule has 1 aliphatic rings. The number of hydrogen-bond acceptors (Lipinski definition) is 2. The molecule has 1 aliphatic heterocycles. The van der Waals surface area contributed by atoms with Crippen LogP contribution in [0.15, 0.2) is 54.6 Å². The van der Waals surface area contributed by atoms with E-state index < -0.39 is 0 Å². The van der Waals surface area contributed by atoms with Crippen LogP contribution in [0.25, 0.3) is 10.9 Å². The Bertz CT molecular complexity index is 702. The summed E-state index contributed by atoms with van der Waals surface area (Å²) in [5, 5.41) is 12.8. The first kappa shape index (κ1) is 12.3. The van der Waals surface area contributed by atoms with E-state index in [-0.39, 0.29) is 11.8 Å². The first-order valence-electron chi connectivity index (χ1n) is 6.37. The van der Waals surface area contributed by atoms with Crippen LogP contribution in [0, 0.1) is 0 Å². The minimum absolute atomic E-state index is 0.0983. The van der Waals surface area contributed by atoms with Crippen molar-refractivity contribution in [1.29, 1.82) is 0 Å². The predicted octanol–water partition coefficient (Wildman–Crippen LogP) is 3.05. The monoisotopic (exact) mass is 266 g/mol. The van der Waals surface area contributed by atoms with Crippen molar-refractivity contribution < 1.29 is 9.90 Å². The Balaban J connectivity index is 0.000000121. The van der Waals surface area contributed by atoms with Crippen LogP contribution in [0.3, 0.4) is 0 Å². The molecule has 0 fully saturated rings. The summed E-state index contributed by atoms with van der Waals surface area (Å²) in [6.07, 6.45) is 0.538. The molecule has 20 heavy (non-hydrogen) atoms. The minimum Gasteiger partial charge on any atom is -0.495 e. The maximum atomic E-state index is 10.8. The largest absolute Gasteiger partial charge is 0.495 e. The van der Waals surface area contributed by atoms with Gasteiger partial charge in [-0.25, -0.2) is 0 Å². The Morgan fingerprint density at radius 1 is 1.00 bits per heavy atom. The number of anilines is 1. The zero-order valence-electron chi connectivity index (χ0n) is 10.8. The maximum Gasteiger partial charge on any atom is 0.228 e. The Labute approximate surface area is 116 Å². The van der Waals surface area contributed by atoms with Gasteiger partial charge in [0.05, 0.1) is 6.42 Å². The highest BCUT2D eigenvalue weighted by Crippen LogP contribution is 2.21. The fourth-order valence-corrected chi connectivity index (χ4v) is 2.22. The fraction of sp³-hybridized carbons (Fsp3) is 0.0625. The standard InChI is InChI=1S/2C8H7NO/c2*10-8-5-6-3-1-2-4-7(6)9-8/h1-4H,5H2,(H,9,10);1-5,9-10H. The van der Waals surface area contributed by atoms with Crippen LogP contribution >= 0.6 is 0 Å². The molecule has 4 rings (SSSR count). The predicted molar refractivity (Wildman–Crippen MR) is 78.7 cm³/mol. The third-order valence-electron chi connectivity index (χ3n) is 3.16. The number of amides is 1. The number of aromatic nitrogens is 1. The van der Waals surface area contributed by atoms with Gasteiger partial charge in [0, 0.05) is 22.7 Å². The van der Waals surface area contributed by atoms with E-state index in [4.69, 9.17) is 5.11 Å². The summed E-state index contributed by atoms with van der Waals surface area (Å²) in [5.74, 6) is 0.322. The van der Waals surface area contributed by atoms with E-state index in [9.17, 15) is 4.79 Å². The summed E-state index contributed by atoms with van der Waals surface area (Å²) in [6, 6.07) is 17.2. The van der Waals surface area contributed by atoms with E-state index in [1.165, 1.54) is 0 Å². The van der Waals surface area contributed by atoms with Crippen LogP contribution in [0.4, 0.5) is 5.69 Å². The van der Waals surface area contributed by atoms with Crippen LogP contribution in [0.5, 0.6) is 5.88 Å². The van der Waals surface area contributed by atoms with Crippen LogP contribution in [0.1, 0.15) is 5.56 Å². The van der Waals surface area contributed by atoms with Gasteiger partial charge in [-0.15, -0.1) is 0 Å². The number of fused-ring (bicyclic) bond motifs is 2. The molecule has 0 saturated carbocycles. The number of H-pyrrole nitrogens is 1. The van der Waals surface area contributed by atoms with Crippen molar-refractivity contribution in [1.82, 2.24) is 4.98 Å². The number of carbonyl (C=O) groups is 1. The summed E-state index contributed by atoms with van der Waals surface area (Å²) in [4.78, 5) is 13.6. The average molecular weight is 266 g/mol. The highest BCUT2D eigenvalue weighted by Gasteiger charge is 2.15. The first-order chi connectivity index (χ1) is 9.72. The Kier molecular flexibility index (Phi) is 3.13. The highest BCUT2D eigenvalue weighted by molar-refractivity contribution is 5.98. The molecule has 0 saturated heterocycles. The second-order valence-electron chi connectivity index (χ2n) is 4.62. The molecule has 0 unspecified atom stereocenters. The van der Waals surface area contributed by atoms with Crippen molar-refractivity contribution >= 4 is 22.5 Å². The molecule has 3 aromatic rings. The molecular weight excluding hydrogens is 252 g/mol. The number of aromatic hydroxyl groups is 1. The summed E-state index contributed by atoms with van der Waals surface area (Å²) >= 11 is 0. The van der Waals surface area contributed by atoms with Gasteiger partial charge in [-0.3, -0.25) is 4.79 Å². The minimum atomic E-state index is 0.0983. The lowest BCUT2D eigenvalue weighted by molar-refractivity contribution is -0.115. The van der Waals surface area contributed by atoms with E-state index in [0.717, 1.165) is 22.2 Å².